The molecule has 4 heterocycles. The van der Waals surface area contributed by atoms with Gasteiger partial charge in [0.15, 0.2) is 0 Å². The minimum absolute atomic E-state index is 0.0134. The van der Waals surface area contributed by atoms with Crippen molar-refractivity contribution in [1.29, 1.82) is 0 Å². The Morgan fingerprint density at radius 2 is 1.81 bits per heavy atom. The van der Waals surface area contributed by atoms with Gasteiger partial charge in [0.2, 0.25) is 17.7 Å². The summed E-state index contributed by atoms with van der Waals surface area (Å²) in [6.07, 6.45) is 8.66. The quantitative estimate of drug-likeness (QED) is 0.628. The molecule has 0 radical (unpaired) electrons. The number of aliphatic hydroxyl groups is 1. The van der Waals surface area contributed by atoms with Gasteiger partial charge in [-0.3, -0.25) is 14.4 Å². The van der Waals surface area contributed by atoms with Crippen molar-refractivity contribution < 1.29 is 19.5 Å². The molecule has 1 unspecified atom stereocenters. The molecule has 0 aromatic carbocycles. The number of nitrogens with zero attached hydrogens (tertiary/aromatic N) is 3. The van der Waals surface area contributed by atoms with Crippen LogP contribution in [-0.2, 0) is 14.4 Å². The minimum atomic E-state index is -0.810. The highest BCUT2D eigenvalue weighted by Gasteiger charge is 2.71. The van der Waals surface area contributed by atoms with Gasteiger partial charge in [0.1, 0.15) is 6.04 Å². The Kier molecular flexibility index (Phi) is 6.22. The minimum Gasteiger partial charge on any atom is -0.394 e. The molecule has 1 spiro atoms. The normalized spacial score (nSPS) is 35.4. The Balaban J connectivity index is 1.87. The molecule has 32 heavy (non-hydrogen) atoms. The largest absolute Gasteiger partial charge is 0.394 e. The number of carbonyl (C=O) groups excluding carboxylic acids is 3. The molecule has 4 aliphatic rings. The molecule has 1 N–H and O–H groups in total. The van der Waals surface area contributed by atoms with Crippen LogP contribution in [-0.4, -0.2) is 92.4 Å². The van der Waals surface area contributed by atoms with E-state index in [1.807, 2.05) is 38.2 Å². The first-order valence-electron chi connectivity index (χ1n) is 11.6. The molecule has 0 saturated carbocycles. The molecular weight excluding hydrogens is 426 g/mol. The zero-order valence-electron chi connectivity index (χ0n) is 19.6. The Morgan fingerprint density at radius 1 is 1.09 bits per heavy atom. The van der Waals surface area contributed by atoms with Crippen molar-refractivity contribution in [2.45, 2.75) is 62.2 Å². The number of likely N-dealkylation sites (tertiary alicyclic amines) is 1. The highest BCUT2D eigenvalue weighted by molar-refractivity contribution is 8.02. The van der Waals surface area contributed by atoms with Crippen molar-refractivity contribution in [2.24, 2.45) is 17.8 Å². The summed E-state index contributed by atoms with van der Waals surface area (Å²) in [6, 6.07) is -1.19. The number of aliphatic hydroxyl groups excluding tert-OH is 1. The Bertz CT molecular complexity index is 856. The fourth-order valence-corrected chi connectivity index (χ4v) is 7.89. The molecular formula is C24H35N3O4S. The van der Waals surface area contributed by atoms with E-state index in [0.29, 0.717) is 19.5 Å². The SMILES string of the molecule is CC(C)C[C@H](CO)N1C(=O)[C@@H]2[C@@H]3C(=O)N(C)CC=C[C@@H]3S[C@@]23C=CCN(C(C)C)C(=O)C13. The third kappa shape index (κ3) is 3.41. The molecule has 176 valence electrons. The number of fused-ring (bicyclic) bond motifs is 2. The summed E-state index contributed by atoms with van der Waals surface area (Å²) in [5, 5.41) is 10.1. The average molecular weight is 462 g/mol. The maximum absolute atomic E-state index is 14.1. The Morgan fingerprint density at radius 3 is 2.44 bits per heavy atom. The van der Waals surface area contributed by atoms with Crippen LogP contribution in [0.15, 0.2) is 24.3 Å². The second-order valence-corrected chi connectivity index (χ2v) is 11.7. The monoisotopic (exact) mass is 461 g/mol. The highest BCUT2D eigenvalue weighted by Crippen LogP contribution is 2.61. The van der Waals surface area contributed by atoms with Crippen molar-refractivity contribution in [2.75, 3.05) is 26.7 Å². The van der Waals surface area contributed by atoms with Crippen molar-refractivity contribution in [3.63, 3.8) is 0 Å². The highest BCUT2D eigenvalue weighted by atomic mass is 32.2. The smallest absolute Gasteiger partial charge is 0.247 e. The summed E-state index contributed by atoms with van der Waals surface area (Å²) in [5.41, 5.74) is 0. The van der Waals surface area contributed by atoms with E-state index >= 15 is 0 Å². The van der Waals surface area contributed by atoms with Gasteiger partial charge in [-0.15, -0.1) is 11.8 Å². The lowest BCUT2D eigenvalue weighted by Gasteiger charge is -2.39. The van der Waals surface area contributed by atoms with Gasteiger partial charge in [0, 0.05) is 31.4 Å². The van der Waals surface area contributed by atoms with Gasteiger partial charge in [-0.05, 0) is 26.2 Å². The predicted octanol–water partition coefficient (Wildman–Crippen LogP) is 1.53. The topological polar surface area (TPSA) is 81.2 Å². The number of amides is 3. The lowest BCUT2D eigenvalue weighted by Crippen LogP contribution is -2.57. The first-order chi connectivity index (χ1) is 15.1. The van der Waals surface area contributed by atoms with Crippen LogP contribution < -0.4 is 0 Å². The summed E-state index contributed by atoms with van der Waals surface area (Å²) < 4.78 is -0.810. The van der Waals surface area contributed by atoms with Crippen molar-refractivity contribution in [3.05, 3.63) is 24.3 Å². The van der Waals surface area contributed by atoms with Crippen molar-refractivity contribution in [1.82, 2.24) is 14.7 Å². The van der Waals surface area contributed by atoms with Gasteiger partial charge < -0.3 is 19.8 Å². The van der Waals surface area contributed by atoms with E-state index in [-0.39, 0.29) is 41.5 Å². The molecule has 4 rings (SSSR count). The molecule has 6 atom stereocenters. The van der Waals surface area contributed by atoms with Crippen molar-refractivity contribution >= 4 is 29.5 Å². The van der Waals surface area contributed by atoms with Gasteiger partial charge in [-0.1, -0.05) is 38.2 Å². The molecule has 7 nitrogen and oxygen atoms in total. The number of thioether (sulfide) groups is 1. The number of hydrogen-bond donors (Lipinski definition) is 1. The zero-order chi connectivity index (χ0) is 23.4. The van der Waals surface area contributed by atoms with Gasteiger partial charge in [-0.25, -0.2) is 0 Å². The molecule has 2 saturated heterocycles. The van der Waals surface area contributed by atoms with E-state index in [1.165, 1.54) is 0 Å². The number of likely N-dealkylation sites (N-methyl/N-ethyl adjacent to an activating group) is 1. The van der Waals surface area contributed by atoms with Crippen molar-refractivity contribution in [3.8, 4) is 0 Å². The maximum Gasteiger partial charge on any atom is 0.247 e. The van der Waals surface area contributed by atoms with Crippen LogP contribution in [0.25, 0.3) is 0 Å². The standard InChI is InChI=1S/C24H35N3O4S/c1-14(2)12-16(13-28)27-20-23(31)26(15(3)4)11-7-9-24(20)19(22(27)30)18-17(32-24)8-6-10-25(5)21(18)29/h6-9,14-20,28H,10-13H2,1-5H3/t16-,17+,18-,19+,20?,24+/m1/s1. The van der Waals surface area contributed by atoms with E-state index < -0.39 is 28.7 Å². The van der Waals surface area contributed by atoms with Gasteiger partial charge in [-0.2, -0.15) is 0 Å². The summed E-state index contributed by atoms with van der Waals surface area (Å²) >= 11 is 1.59. The molecule has 0 aromatic rings. The van der Waals surface area contributed by atoms with E-state index in [1.54, 1.807) is 33.5 Å². The fourth-order valence-electron chi connectivity index (χ4n) is 5.90. The Labute approximate surface area is 194 Å². The third-order valence-electron chi connectivity index (χ3n) is 7.30. The zero-order valence-corrected chi connectivity index (χ0v) is 20.4. The second kappa shape index (κ2) is 8.52. The molecule has 8 heteroatoms. The van der Waals surface area contributed by atoms with E-state index in [0.717, 1.165) is 0 Å². The Hall–Kier alpha value is -1.80. The van der Waals surface area contributed by atoms with Crippen LogP contribution in [0.1, 0.15) is 34.1 Å². The lowest BCUT2D eigenvalue weighted by atomic mass is 9.78. The summed E-state index contributed by atoms with van der Waals surface area (Å²) in [7, 11) is 1.77. The van der Waals surface area contributed by atoms with E-state index in [4.69, 9.17) is 0 Å². The van der Waals surface area contributed by atoms with Crippen LogP contribution >= 0.6 is 11.8 Å². The van der Waals surface area contributed by atoms with Crippen LogP contribution in [0.3, 0.4) is 0 Å². The number of rotatable bonds is 5. The number of hydrogen-bond acceptors (Lipinski definition) is 5. The number of carbonyl (C=O) groups is 3. The summed E-state index contributed by atoms with van der Waals surface area (Å²) in [4.78, 5) is 46.6. The lowest BCUT2D eigenvalue weighted by molar-refractivity contribution is -0.147. The average Bonchev–Trinajstić information content (AvgIpc) is 3.05. The maximum atomic E-state index is 14.1. The molecule has 3 amide bonds. The van der Waals surface area contributed by atoms with E-state index in [9.17, 15) is 19.5 Å². The van der Waals surface area contributed by atoms with Gasteiger partial charge >= 0.3 is 0 Å². The van der Waals surface area contributed by atoms with Gasteiger partial charge in [0.05, 0.1) is 29.2 Å². The first-order valence-corrected chi connectivity index (χ1v) is 12.5. The van der Waals surface area contributed by atoms with Crippen LogP contribution in [0.5, 0.6) is 0 Å². The molecule has 0 aliphatic carbocycles. The molecule has 4 aliphatic heterocycles. The first kappa shape index (κ1) is 23.4. The third-order valence-corrected chi connectivity index (χ3v) is 9.04. The second-order valence-electron chi connectivity index (χ2n) is 10.2. The molecule has 2 fully saturated rings. The van der Waals surface area contributed by atoms with E-state index in [2.05, 4.69) is 13.8 Å². The van der Waals surface area contributed by atoms with Crippen LogP contribution in [0, 0.1) is 17.8 Å². The molecule has 0 aromatic heterocycles. The van der Waals surface area contributed by atoms with Crippen LogP contribution in [0.4, 0.5) is 0 Å². The van der Waals surface area contributed by atoms with Crippen LogP contribution in [0.2, 0.25) is 0 Å². The fraction of sp³-hybridized carbons (Fsp3) is 0.708. The van der Waals surface area contributed by atoms with Gasteiger partial charge in [0.25, 0.3) is 0 Å². The predicted molar refractivity (Wildman–Crippen MR) is 125 cm³/mol. The summed E-state index contributed by atoms with van der Waals surface area (Å²) in [5.74, 6) is -1.17. The summed E-state index contributed by atoms with van der Waals surface area (Å²) in [6.45, 7) is 8.87. The molecule has 0 bridgehead atoms.